The minimum absolute atomic E-state index is 0.00897. The van der Waals surface area contributed by atoms with Crippen molar-refractivity contribution in [2.75, 3.05) is 0 Å². The molecule has 1 aromatic heterocycles. The van der Waals surface area contributed by atoms with E-state index in [4.69, 9.17) is 21.2 Å². The first-order valence-corrected chi connectivity index (χ1v) is 5.04. The maximum absolute atomic E-state index is 13.7. The molecule has 0 aliphatic rings. The highest BCUT2D eigenvalue weighted by Gasteiger charge is 2.24. The van der Waals surface area contributed by atoms with Crippen LogP contribution in [0.2, 0.25) is 5.02 Å². The van der Waals surface area contributed by atoms with Crippen LogP contribution in [0, 0.1) is 12.7 Å². The summed E-state index contributed by atoms with van der Waals surface area (Å²) in [5.41, 5.74) is -0.291. The van der Waals surface area contributed by atoms with Crippen LogP contribution in [0.1, 0.15) is 16.2 Å². The van der Waals surface area contributed by atoms with Gasteiger partial charge in [0.2, 0.25) is 0 Å². The van der Waals surface area contributed by atoms with Gasteiger partial charge in [-0.05, 0) is 19.1 Å². The highest BCUT2D eigenvalue weighted by atomic mass is 35.5. The molecule has 0 saturated heterocycles. The molecule has 0 saturated carbocycles. The van der Waals surface area contributed by atoms with E-state index >= 15 is 0 Å². The smallest absolute Gasteiger partial charge is 0.358 e. The standard InChI is InChI=1S/C11H7ClFNO3/c1-5-8(10(11(15)16)14-17-5)9-6(12)3-2-4-7(9)13/h2-4H,1H3,(H,15,16). The quantitative estimate of drug-likeness (QED) is 0.895. The maximum Gasteiger partial charge on any atom is 0.358 e. The second-order valence-corrected chi connectivity index (χ2v) is 3.77. The summed E-state index contributed by atoms with van der Waals surface area (Å²) in [6.07, 6.45) is 0. The van der Waals surface area contributed by atoms with E-state index in [0.717, 1.165) is 0 Å². The van der Waals surface area contributed by atoms with Gasteiger partial charge < -0.3 is 9.63 Å². The highest BCUT2D eigenvalue weighted by molar-refractivity contribution is 6.33. The van der Waals surface area contributed by atoms with Crippen LogP contribution in [-0.4, -0.2) is 16.2 Å². The van der Waals surface area contributed by atoms with Crippen molar-refractivity contribution < 1.29 is 18.8 Å². The van der Waals surface area contributed by atoms with Crippen LogP contribution in [0.15, 0.2) is 22.7 Å². The molecule has 4 nitrogen and oxygen atoms in total. The van der Waals surface area contributed by atoms with Gasteiger partial charge in [0.05, 0.1) is 10.6 Å². The number of carbonyl (C=O) groups is 1. The number of halogens is 2. The minimum Gasteiger partial charge on any atom is -0.476 e. The molecular formula is C11H7ClFNO3. The van der Waals surface area contributed by atoms with E-state index in [9.17, 15) is 9.18 Å². The van der Waals surface area contributed by atoms with Gasteiger partial charge in [-0.15, -0.1) is 0 Å². The molecule has 2 aromatic rings. The molecule has 0 spiro atoms. The van der Waals surface area contributed by atoms with Crippen LogP contribution in [0.4, 0.5) is 4.39 Å². The van der Waals surface area contributed by atoms with E-state index in [1.807, 2.05) is 0 Å². The Morgan fingerprint density at radius 1 is 1.47 bits per heavy atom. The van der Waals surface area contributed by atoms with Gasteiger partial charge in [-0.1, -0.05) is 22.8 Å². The molecule has 6 heteroatoms. The molecule has 88 valence electrons. The summed E-state index contributed by atoms with van der Waals surface area (Å²) in [4.78, 5) is 10.9. The van der Waals surface area contributed by atoms with Gasteiger partial charge in [0.25, 0.3) is 0 Å². The molecule has 1 aromatic carbocycles. The van der Waals surface area contributed by atoms with Crippen LogP contribution in [0.3, 0.4) is 0 Å². The number of nitrogens with zero attached hydrogens (tertiary/aromatic N) is 1. The summed E-state index contributed by atoms with van der Waals surface area (Å²) in [5.74, 6) is -1.71. The van der Waals surface area contributed by atoms with Crippen LogP contribution < -0.4 is 0 Å². The number of hydrogen-bond acceptors (Lipinski definition) is 3. The topological polar surface area (TPSA) is 63.3 Å². The van der Waals surface area contributed by atoms with E-state index in [1.54, 1.807) is 0 Å². The number of benzene rings is 1. The Bertz CT molecular complexity index is 574. The van der Waals surface area contributed by atoms with Crippen molar-refractivity contribution in [1.29, 1.82) is 0 Å². The van der Waals surface area contributed by atoms with E-state index in [0.29, 0.717) is 0 Å². The molecule has 0 radical (unpaired) electrons. The van der Waals surface area contributed by atoms with Crippen molar-refractivity contribution in [1.82, 2.24) is 5.16 Å². The molecule has 0 fully saturated rings. The normalized spacial score (nSPS) is 10.5. The van der Waals surface area contributed by atoms with Gasteiger partial charge in [-0.25, -0.2) is 9.18 Å². The van der Waals surface area contributed by atoms with Gasteiger partial charge in [0.1, 0.15) is 11.6 Å². The predicted octanol–water partition coefficient (Wildman–Crippen LogP) is 3.14. The van der Waals surface area contributed by atoms with Gasteiger partial charge in [0.15, 0.2) is 5.69 Å². The molecular weight excluding hydrogens is 249 g/mol. The Kier molecular flexibility index (Phi) is 2.85. The van der Waals surface area contributed by atoms with Gasteiger partial charge in [-0.3, -0.25) is 0 Å². The van der Waals surface area contributed by atoms with Gasteiger partial charge >= 0.3 is 5.97 Å². The average molecular weight is 256 g/mol. The van der Waals surface area contributed by atoms with E-state index in [1.165, 1.54) is 25.1 Å². The zero-order valence-electron chi connectivity index (χ0n) is 8.70. The number of rotatable bonds is 2. The Balaban J connectivity index is 2.76. The van der Waals surface area contributed by atoms with E-state index in [2.05, 4.69) is 5.16 Å². The summed E-state index contributed by atoms with van der Waals surface area (Å²) in [6.45, 7) is 1.50. The van der Waals surface area contributed by atoms with Crippen molar-refractivity contribution in [2.45, 2.75) is 6.92 Å². The molecule has 0 amide bonds. The second-order valence-electron chi connectivity index (χ2n) is 3.36. The lowest BCUT2D eigenvalue weighted by Crippen LogP contribution is -2.00. The van der Waals surface area contributed by atoms with Crippen molar-refractivity contribution in [3.8, 4) is 11.1 Å². The maximum atomic E-state index is 13.7. The van der Waals surface area contributed by atoms with Crippen molar-refractivity contribution in [3.05, 3.63) is 40.5 Å². The molecule has 1 N–H and O–H groups in total. The molecule has 0 unspecified atom stereocenters. The average Bonchev–Trinajstić information content (AvgIpc) is 2.61. The molecule has 0 bridgehead atoms. The lowest BCUT2D eigenvalue weighted by atomic mass is 10.0. The molecule has 0 atom stereocenters. The first-order valence-electron chi connectivity index (χ1n) is 4.66. The first kappa shape index (κ1) is 11.6. The predicted molar refractivity (Wildman–Crippen MR) is 58.6 cm³/mol. The number of aromatic carboxylic acids is 1. The molecule has 2 rings (SSSR count). The van der Waals surface area contributed by atoms with Crippen LogP contribution in [0.5, 0.6) is 0 Å². The number of carboxylic acid groups (broad SMARTS) is 1. The summed E-state index contributed by atoms with van der Waals surface area (Å²) in [7, 11) is 0. The van der Waals surface area contributed by atoms with E-state index in [-0.39, 0.29) is 27.6 Å². The zero-order valence-corrected chi connectivity index (χ0v) is 9.45. The van der Waals surface area contributed by atoms with E-state index < -0.39 is 11.8 Å². The Morgan fingerprint density at radius 3 is 2.76 bits per heavy atom. The third-order valence-electron chi connectivity index (χ3n) is 2.28. The molecule has 0 aliphatic heterocycles. The fourth-order valence-corrected chi connectivity index (χ4v) is 1.81. The Hall–Kier alpha value is -1.88. The number of aryl methyl sites for hydroxylation is 1. The van der Waals surface area contributed by atoms with Crippen LogP contribution in [0.25, 0.3) is 11.1 Å². The van der Waals surface area contributed by atoms with Gasteiger partial charge in [-0.2, -0.15) is 0 Å². The zero-order chi connectivity index (χ0) is 12.6. The highest BCUT2D eigenvalue weighted by Crippen LogP contribution is 2.35. The summed E-state index contributed by atoms with van der Waals surface area (Å²) < 4.78 is 18.5. The third kappa shape index (κ3) is 1.89. The lowest BCUT2D eigenvalue weighted by molar-refractivity contribution is 0.0686. The molecule has 0 aliphatic carbocycles. The third-order valence-corrected chi connectivity index (χ3v) is 2.59. The van der Waals surface area contributed by atoms with Gasteiger partial charge in [0, 0.05) is 5.56 Å². The second kappa shape index (κ2) is 4.18. The Morgan fingerprint density at radius 2 is 2.18 bits per heavy atom. The SMILES string of the molecule is Cc1onc(C(=O)O)c1-c1c(F)cccc1Cl. The fraction of sp³-hybridized carbons (Fsp3) is 0.0909. The van der Waals surface area contributed by atoms with Crippen molar-refractivity contribution >= 4 is 17.6 Å². The minimum atomic E-state index is -1.30. The fourth-order valence-electron chi connectivity index (χ4n) is 1.55. The monoisotopic (exact) mass is 255 g/mol. The summed E-state index contributed by atoms with van der Waals surface area (Å²) in [6, 6.07) is 4.10. The number of hydrogen-bond donors (Lipinski definition) is 1. The molecule has 1 heterocycles. The molecule has 17 heavy (non-hydrogen) atoms. The van der Waals surface area contributed by atoms with Crippen LogP contribution >= 0.6 is 11.6 Å². The first-order chi connectivity index (χ1) is 8.02. The van der Waals surface area contributed by atoms with Crippen LogP contribution in [-0.2, 0) is 0 Å². The number of carboxylic acids is 1. The van der Waals surface area contributed by atoms with Crippen molar-refractivity contribution in [2.24, 2.45) is 0 Å². The summed E-state index contributed by atoms with van der Waals surface area (Å²) >= 11 is 5.87. The van der Waals surface area contributed by atoms with Crippen molar-refractivity contribution in [3.63, 3.8) is 0 Å². The number of aromatic nitrogens is 1. The Labute approximate surface area is 101 Å². The largest absolute Gasteiger partial charge is 0.476 e. The summed E-state index contributed by atoms with van der Waals surface area (Å²) in [5, 5.41) is 12.4. The lowest BCUT2D eigenvalue weighted by Gasteiger charge is -2.04.